The van der Waals surface area contributed by atoms with Crippen LogP contribution in [0.5, 0.6) is 0 Å². The molecular weight excluding hydrogens is 937 g/mol. The maximum atomic E-state index is 12.9. The highest BCUT2D eigenvalue weighted by Crippen LogP contribution is 2.17. The van der Waals surface area contributed by atoms with Crippen molar-refractivity contribution in [2.24, 2.45) is 0 Å². The van der Waals surface area contributed by atoms with Gasteiger partial charge in [0.05, 0.1) is 0 Å². The molecule has 0 bridgehead atoms. The van der Waals surface area contributed by atoms with E-state index in [0.29, 0.717) is 19.3 Å². The number of hydrogen-bond acceptors (Lipinski definition) is 6. The zero-order chi connectivity index (χ0) is 55.0. The Kier molecular flexibility index (Phi) is 60.8. The molecule has 0 aromatic heterocycles. The fraction of sp³-hybridized carbons (Fsp3) is 0.729. The van der Waals surface area contributed by atoms with Gasteiger partial charge in [0.1, 0.15) is 13.2 Å². The van der Waals surface area contributed by atoms with E-state index in [1.54, 1.807) is 0 Å². The zero-order valence-corrected chi connectivity index (χ0v) is 50.0. The number of unbranched alkanes of at least 4 members (excludes halogenated alkanes) is 31. The van der Waals surface area contributed by atoms with E-state index in [-0.39, 0.29) is 37.5 Å². The first-order chi connectivity index (χ1) is 37.5. The molecule has 0 aromatic rings. The normalized spacial score (nSPS) is 12.7. The molecule has 0 amide bonds. The van der Waals surface area contributed by atoms with E-state index >= 15 is 0 Å². The third kappa shape index (κ3) is 61.2. The summed E-state index contributed by atoms with van der Waals surface area (Å²) in [5.41, 5.74) is 0. The molecule has 0 aliphatic heterocycles. The quantitative estimate of drug-likeness (QED) is 0.0261. The molecule has 0 aromatic carbocycles. The van der Waals surface area contributed by atoms with E-state index < -0.39 is 6.10 Å². The molecule has 1 unspecified atom stereocenters. The predicted octanol–water partition coefficient (Wildman–Crippen LogP) is 22.0. The summed E-state index contributed by atoms with van der Waals surface area (Å²) in [6.45, 7) is 6.40. The summed E-state index contributed by atoms with van der Waals surface area (Å²) in [7, 11) is 0. The Balaban J connectivity index is 4.38. The van der Waals surface area contributed by atoms with Crippen LogP contribution < -0.4 is 0 Å². The van der Waals surface area contributed by atoms with E-state index in [2.05, 4.69) is 118 Å². The molecule has 0 aliphatic carbocycles. The maximum Gasteiger partial charge on any atom is 0.306 e. The lowest BCUT2D eigenvalue weighted by Gasteiger charge is -2.18. The molecule has 0 N–H and O–H groups in total. The number of ether oxygens (including phenoxy) is 3. The average Bonchev–Trinajstić information content (AvgIpc) is 3.42. The predicted molar refractivity (Wildman–Crippen MR) is 330 cm³/mol. The molecule has 0 saturated carbocycles. The number of rotatable bonds is 58. The van der Waals surface area contributed by atoms with Crippen LogP contribution in [-0.4, -0.2) is 37.2 Å². The van der Waals surface area contributed by atoms with Crippen LogP contribution in [0, 0.1) is 0 Å². The first-order valence-electron chi connectivity index (χ1n) is 32.2. The van der Waals surface area contributed by atoms with E-state index in [0.717, 1.165) is 103 Å². The third-order valence-corrected chi connectivity index (χ3v) is 13.8. The lowest BCUT2D eigenvalue weighted by atomic mass is 10.0. The molecule has 0 saturated heterocycles. The minimum atomic E-state index is -0.812. The van der Waals surface area contributed by atoms with Gasteiger partial charge >= 0.3 is 17.9 Å². The van der Waals surface area contributed by atoms with Crippen molar-refractivity contribution < 1.29 is 28.6 Å². The molecule has 0 heterocycles. The summed E-state index contributed by atoms with van der Waals surface area (Å²) in [5.74, 6) is -0.960. The Morgan fingerprint density at radius 2 is 0.526 bits per heavy atom. The Morgan fingerprint density at radius 1 is 0.276 bits per heavy atom. The topological polar surface area (TPSA) is 78.9 Å². The van der Waals surface area contributed by atoms with Crippen LogP contribution in [0.4, 0.5) is 0 Å². The smallest absolute Gasteiger partial charge is 0.306 e. The van der Waals surface area contributed by atoms with Crippen molar-refractivity contribution in [3.05, 3.63) is 97.2 Å². The lowest BCUT2D eigenvalue weighted by Crippen LogP contribution is -2.30. The number of allylic oxidation sites excluding steroid dienone is 16. The second kappa shape index (κ2) is 63.9. The second-order valence-electron chi connectivity index (χ2n) is 21.3. The van der Waals surface area contributed by atoms with Gasteiger partial charge < -0.3 is 14.2 Å². The highest BCUT2D eigenvalue weighted by Gasteiger charge is 2.19. The van der Waals surface area contributed by atoms with Gasteiger partial charge in [-0.15, -0.1) is 0 Å². The van der Waals surface area contributed by atoms with Gasteiger partial charge in [-0.25, -0.2) is 0 Å². The van der Waals surface area contributed by atoms with Crippen LogP contribution in [0.2, 0.25) is 0 Å². The van der Waals surface area contributed by atoms with Gasteiger partial charge in [-0.1, -0.05) is 298 Å². The Bertz CT molecular complexity index is 1490. The molecule has 0 aliphatic rings. The number of carbonyl (C=O) groups excluding carboxylic acids is 3. The summed E-state index contributed by atoms with van der Waals surface area (Å²) in [6, 6.07) is 0. The summed E-state index contributed by atoms with van der Waals surface area (Å²) >= 11 is 0. The fourth-order valence-electron chi connectivity index (χ4n) is 9.08. The second-order valence-corrected chi connectivity index (χ2v) is 21.3. The monoisotopic (exact) mass is 1060 g/mol. The largest absolute Gasteiger partial charge is 0.462 e. The van der Waals surface area contributed by atoms with Crippen LogP contribution >= 0.6 is 0 Å². The van der Waals surface area contributed by atoms with Gasteiger partial charge in [-0.2, -0.15) is 0 Å². The van der Waals surface area contributed by atoms with Gasteiger partial charge in [0.2, 0.25) is 0 Å². The molecule has 436 valence electrons. The fourth-order valence-corrected chi connectivity index (χ4v) is 9.08. The van der Waals surface area contributed by atoms with E-state index in [1.165, 1.54) is 161 Å². The molecule has 6 heteroatoms. The highest BCUT2D eigenvalue weighted by atomic mass is 16.6. The van der Waals surface area contributed by atoms with Crippen molar-refractivity contribution in [2.45, 2.75) is 316 Å². The molecule has 6 nitrogen and oxygen atoms in total. The van der Waals surface area contributed by atoms with Crippen molar-refractivity contribution in [2.75, 3.05) is 13.2 Å². The number of esters is 3. The van der Waals surface area contributed by atoms with Crippen molar-refractivity contribution in [1.29, 1.82) is 0 Å². The Morgan fingerprint density at radius 3 is 0.842 bits per heavy atom. The van der Waals surface area contributed by atoms with Crippen LogP contribution in [-0.2, 0) is 28.6 Å². The van der Waals surface area contributed by atoms with E-state index in [9.17, 15) is 14.4 Å². The van der Waals surface area contributed by atoms with Crippen LogP contribution in [0.1, 0.15) is 310 Å². The standard InChI is InChI=1S/C70H120O6/c1-4-7-10-13-16-19-22-25-28-31-32-33-34-35-36-37-40-42-45-48-51-54-57-60-63-69(72)75-66-67(76-70(73)64-61-58-55-52-49-46-43-39-30-27-24-21-18-15-12-9-6-3)65-74-68(71)62-59-56-53-50-47-44-41-38-29-26-23-20-17-14-11-8-5-2/h8-9,11-12,17-18,20-21,26-27,29-30,43,46,52,55,67H,4-7,10,13-16,19,22-25,28,31-42,44-45,47-51,53-54,56-66H2,1-3H3/b11-8-,12-9-,20-17-,21-18-,29-26-,30-27-,46-43-,55-52-. The number of hydrogen-bond donors (Lipinski definition) is 0. The van der Waals surface area contributed by atoms with E-state index in [4.69, 9.17) is 14.2 Å². The minimum Gasteiger partial charge on any atom is -0.462 e. The zero-order valence-electron chi connectivity index (χ0n) is 50.0. The molecule has 0 rings (SSSR count). The first kappa shape index (κ1) is 72.3. The minimum absolute atomic E-state index is 0.101. The van der Waals surface area contributed by atoms with Crippen molar-refractivity contribution >= 4 is 17.9 Å². The SMILES string of the molecule is CC/C=C\C/C=C\C/C=C\C/C=C\C/C=C\CCCC(=O)OC(COC(=O)CCCCCCCCC/C=C\C/C=C\C/C=C\CC)COC(=O)CCCCCCCCCCCCCCCCCCCCCCCCCC. The molecule has 1 atom stereocenters. The van der Waals surface area contributed by atoms with Crippen molar-refractivity contribution in [1.82, 2.24) is 0 Å². The Hall–Kier alpha value is -3.67. The third-order valence-electron chi connectivity index (χ3n) is 13.8. The highest BCUT2D eigenvalue weighted by molar-refractivity contribution is 5.71. The average molecular weight is 1060 g/mol. The van der Waals surface area contributed by atoms with Gasteiger partial charge in [0.25, 0.3) is 0 Å². The van der Waals surface area contributed by atoms with Gasteiger partial charge in [-0.3, -0.25) is 14.4 Å². The van der Waals surface area contributed by atoms with Gasteiger partial charge in [0, 0.05) is 19.3 Å². The summed E-state index contributed by atoms with van der Waals surface area (Å²) in [5, 5.41) is 0. The first-order valence-corrected chi connectivity index (χ1v) is 32.2. The lowest BCUT2D eigenvalue weighted by molar-refractivity contribution is -0.167. The number of carbonyl (C=O) groups is 3. The molecule has 0 radical (unpaired) electrons. The van der Waals surface area contributed by atoms with Crippen LogP contribution in [0.3, 0.4) is 0 Å². The molecule has 76 heavy (non-hydrogen) atoms. The summed E-state index contributed by atoms with van der Waals surface area (Å²) in [4.78, 5) is 38.3. The van der Waals surface area contributed by atoms with Crippen molar-refractivity contribution in [3.8, 4) is 0 Å². The molecule has 0 fully saturated rings. The van der Waals surface area contributed by atoms with Crippen molar-refractivity contribution in [3.63, 3.8) is 0 Å². The van der Waals surface area contributed by atoms with E-state index in [1.807, 2.05) is 0 Å². The summed E-state index contributed by atoms with van der Waals surface area (Å²) < 4.78 is 16.9. The van der Waals surface area contributed by atoms with Gasteiger partial charge in [0.15, 0.2) is 6.10 Å². The summed E-state index contributed by atoms with van der Waals surface area (Å²) in [6.07, 6.45) is 85.7. The molecule has 0 spiro atoms. The Labute approximate surface area is 470 Å². The van der Waals surface area contributed by atoms with Gasteiger partial charge in [-0.05, 0) is 89.9 Å². The van der Waals surface area contributed by atoms with Crippen LogP contribution in [0.25, 0.3) is 0 Å². The maximum absolute atomic E-state index is 12.9. The van der Waals surface area contributed by atoms with Crippen LogP contribution in [0.15, 0.2) is 97.2 Å². The molecular formula is C70H120O6.